The summed E-state index contributed by atoms with van der Waals surface area (Å²) in [5, 5.41) is 0.0983. The second-order valence-corrected chi connectivity index (χ2v) is 11.4. The van der Waals surface area contributed by atoms with Gasteiger partial charge in [0.2, 0.25) is 0 Å². The van der Waals surface area contributed by atoms with Gasteiger partial charge in [-0.05, 0) is 41.7 Å². The van der Waals surface area contributed by atoms with Gasteiger partial charge in [-0.3, -0.25) is 14.5 Å². The number of hydrogen-bond donors (Lipinski definition) is 0. The monoisotopic (exact) mass is 565 g/mol. The minimum absolute atomic E-state index is 0.0107. The first-order valence-corrected chi connectivity index (χ1v) is 14.9. The number of imidazole rings is 1. The molecule has 0 saturated carbocycles. The van der Waals surface area contributed by atoms with E-state index in [4.69, 9.17) is 4.74 Å². The number of rotatable bonds is 9. The molecule has 1 atom stereocenters. The maximum atomic E-state index is 12.3. The summed E-state index contributed by atoms with van der Waals surface area (Å²) in [6.07, 6.45) is 6.33. The summed E-state index contributed by atoms with van der Waals surface area (Å²) in [4.78, 5) is 31.7. The highest BCUT2D eigenvalue weighted by Gasteiger charge is 2.44. The van der Waals surface area contributed by atoms with Crippen LogP contribution in [0.5, 0.6) is 0 Å². The lowest BCUT2D eigenvalue weighted by molar-refractivity contribution is -0.143. The number of nitrogens with zero attached hydrogens (tertiary/aromatic N) is 3. The molecule has 1 fully saturated rings. The first-order valence-electron chi connectivity index (χ1n) is 14.0. The summed E-state index contributed by atoms with van der Waals surface area (Å²) in [6.45, 7) is 5.25. The number of carbonyl (C=O) groups is 2. The Morgan fingerprint density at radius 3 is 2.02 bits per heavy atom. The molecule has 7 heteroatoms. The Bertz CT molecular complexity index is 1390. The first-order chi connectivity index (χ1) is 20.0. The van der Waals surface area contributed by atoms with Gasteiger partial charge < -0.3 is 9.30 Å². The molecule has 5 rings (SSSR count). The number of benzene rings is 3. The zero-order valence-electron chi connectivity index (χ0n) is 23.5. The second-order valence-electron chi connectivity index (χ2n) is 10.1. The molecule has 0 amide bonds. The molecular formula is C34H35N3O3S. The Balaban J connectivity index is 1.64. The zero-order chi connectivity index (χ0) is 28.7. The predicted molar refractivity (Wildman–Crippen MR) is 164 cm³/mol. The number of thioether (sulfide) groups is 1. The molecule has 1 aromatic heterocycles. The van der Waals surface area contributed by atoms with Crippen LogP contribution in [-0.2, 0) is 26.4 Å². The first kappa shape index (κ1) is 28.6. The summed E-state index contributed by atoms with van der Waals surface area (Å²) in [6, 6.07) is 31.9. The van der Waals surface area contributed by atoms with Crippen molar-refractivity contribution in [3.05, 3.63) is 131 Å². The molecule has 0 N–H and O–H groups in total. The van der Waals surface area contributed by atoms with Gasteiger partial charge >= 0.3 is 5.97 Å². The lowest BCUT2D eigenvalue weighted by Gasteiger charge is -2.49. The third kappa shape index (κ3) is 6.21. The SMILES string of the molecule is CCOC(=O)Cn1ccnc1C=C1CN(C(c2ccccc2)(c2ccccc2)c2ccccc2)CCC1SC(C)=O. The van der Waals surface area contributed by atoms with E-state index in [1.807, 2.05) is 0 Å². The summed E-state index contributed by atoms with van der Waals surface area (Å²) in [5.74, 6) is 0.370. The summed E-state index contributed by atoms with van der Waals surface area (Å²) in [7, 11) is 0. The van der Waals surface area contributed by atoms with Crippen molar-refractivity contribution in [1.29, 1.82) is 0 Å². The third-order valence-electron chi connectivity index (χ3n) is 7.47. The van der Waals surface area contributed by atoms with Crippen molar-refractivity contribution >= 4 is 28.9 Å². The molecule has 0 aliphatic carbocycles. The summed E-state index contributed by atoms with van der Waals surface area (Å²) < 4.78 is 6.98. The van der Waals surface area contributed by atoms with Crippen molar-refractivity contribution in [3.63, 3.8) is 0 Å². The van der Waals surface area contributed by atoms with Gasteiger partial charge in [0.1, 0.15) is 12.4 Å². The van der Waals surface area contributed by atoms with Gasteiger partial charge in [-0.15, -0.1) is 0 Å². The normalized spacial score (nSPS) is 16.9. The number of hydrogen-bond acceptors (Lipinski definition) is 6. The fraction of sp³-hybridized carbons (Fsp3) is 0.265. The van der Waals surface area contributed by atoms with E-state index in [2.05, 4.69) is 107 Å². The number of aromatic nitrogens is 2. The minimum atomic E-state index is -0.560. The van der Waals surface area contributed by atoms with Gasteiger partial charge in [-0.2, -0.15) is 0 Å². The highest BCUT2D eigenvalue weighted by atomic mass is 32.2. The van der Waals surface area contributed by atoms with Crippen LogP contribution in [0, 0.1) is 0 Å². The van der Waals surface area contributed by atoms with Crippen LogP contribution in [0.4, 0.5) is 0 Å². The van der Waals surface area contributed by atoms with Crippen LogP contribution >= 0.6 is 11.8 Å². The van der Waals surface area contributed by atoms with Crippen LogP contribution in [0.15, 0.2) is 109 Å². The standard InChI is InChI=1S/C34H35N3O3S/c1-3-40-33(39)25-36-22-20-35-32(36)23-27-24-37(21-19-31(27)41-26(2)38)34(28-13-7-4-8-14-28,29-15-9-5-10-16-29)30-17-11-6-12-18-30/h4-18,20,22-23,31H,3,19,21,24-25H2,1-2H3. The molecular weight excluding hydrogens is 530 g/mol. The van der Waals surface area contributed by atoms with E-state index in [9.17, 15) is 9.59 Å². The fourth-order valence-electron chi connectivity index (χ4n) is 5.81. The number of esters is 1. The van der Waals surface area contributed by atoms with Crippen LogP contribution in [0.1, 0.15) is 42.8 Å². The quantitative estimate of drug-likeness (QED) is 0.179. The molecule has 1 saturated heterocycles. The van der Waals surface area contributed by atoms with Gasteiger partial charge in [0.25, 0.3) is 0 Å². The van der Waals surface area contributed by atoms with Crippen LogP contribution < -0.4 is 0 Å². The molecule has 1 aliphatic heterocycles. The molecule has 0 radical (unpaired) electrons. The Morgan fingerprint density at radius 1 is 0.951 bits per heavy atom. The number of likely N-dealkylation sites (tertiary alicyclic amines) is 1. The highest BCUT2D eigenvalue weighted by molar-refractivity contribution is 8.14. The number of piperidine rings is 1. The van der Waals surface area contributed by atoms with Gasteiger partial charge in [0.05, 0.1) is 12.1 Å². The maximum absolute atomic E-state index is 12.3. The maximum Gasteiger partial charge on any atom is 0.325 e. The summed E-state index contributed by atoms with van der Waals surface area (Å²) >= 11 is 1.37. The topological polar surface area (TPSA) is 64.4 Å². The largest absolute Gasteiger partial charge is 0.465 e. The van der Waals surface area contributed by atoms with E-state index in [1.165, 1.54) is 28.5 Å². The zero-order valence-corrected chi connectivity index (χ0v) is 24.3. The van der Waals surface area contributed by atoms with Crippen molar-refractivity contribution in [2.75, 3.05) is 19.7 Å². The molecule has 1 unspecified atom stereocenters. The minimum Gasteiger partial charge on any atom is -0.465 e. The molecule has 6 nitrogen and oxygen atoms in total. The third-order valence-corrected chi connectivity index (χ3v) is 8.63. The smallest absolute Gasteiger partial charge is 0.325 e. The van der Waals surface area contributed by atoms with E-state index in [-0.39, 0.29) is 22.9 Å². The lowest BCUT2D eigenvalue weighted by atomic mass is 9.74. The average molecular weight is 566 g/mol. The van der Waals surface area contributed by atoms with Gasteiger partial charge in [0, 0.05) is 37.7 Å². The van der Waals surface area contributed by atoms with Gasteiger partial charge in [-0.1, -0.05) is 103 Å². The Morgan fingerprint density at radius 2 is 1.51 bits per heavy atom. The molecule has 1 aliphatic rings. The Kier molecular flexibility index (Phi) is 9.17. The molecule has 0 bridgehead atoms. The van der Waals surface area contributed by atoms with Crippen LogP contribution in [0.3, 0.4) is 0 Å². The van der Waals surface area contributed by atoms with Crippen molar-refractivity contribution < 1.29 is 14.3 Å². The van der Waals surface area contributed by atoms with Gasteiger partial charge in [0.15, 0.2) is 5.12 Å². The molecule has 3 aromatic carbocycles. The summed E-state index contributed by atoms with van der Waals surface area (Å²) in [5.41, 5.74) is 4.07. The highest BCUT2D eigenvalue weighted by Crippen LogP contribution is 2.45. The molecule has 2 heterocycles. The van der Waals surface area contributed by atoms with E-state index >= 15 is 0 Å². The van der Waals surface area contributed by atoms with E-state index in [0.29, 0.717) is 19.0 Å². The van der Waals surface area contributed by atoms with E-state index in [1.54, 1.807) is 30.8 Å². The fourth-order valence-corrected chi connectivity index (χ4v) is 6.73. The predicted octanol–water partition coefficient (Wildman–Crippen LogP) is 6.18. The lowest BCUT2D eigenvalue weighted by Crippen LogP contribution is -2.52. The van der Waals surface area contributed by atoms with Gasteiger partial charge in [-0.25, -0.2) is 4.98 Å². The van der Waals surface area contributed by atoms with Crippen LogP contribution in [-0.4, -0.2) is 50.5 Å². The molecule has 4 aromatic rings. The second kappa shape index (κ2) is 13.1. The van der Waals surface area contributed by atoms with Crippen molar-refractivity contribution in [2.45, 2.75) is 37.6 Å². The average Bonchev–Trinajstić information content (AvgIpc) is 3.42. The Hall–Kier alpha value is -3.94. The van der Waals surface area contributed by atoms with Crippen LogP contribution in [0.25, 0.3) is 6.08 Å². The molecule has 41 heavy (non-hydrogen) atoms. The van der Waals surface area contributed by atoms with E-state index < -0.39 is 5.54 Å². The molecule has 210 valence electrons. The number of ether oxygens (including phenoxy) is 1. The Labute approximate surface area is 246 Å². The van der Waals surface area contributed by atoms with Crippen molar-refractivity contribution in [1.82, 2.24) is 14.5 Å². The number of carbonyl (C=O) groups excluding carboxylic acids is 2. The van der Waals surface area contributed by atoms with Crippen LogP contribution in [0.2, 0.25) is 0 Å². The van der Waals surface area contributed by atoms with Crippen molar-refractivity contribution in [2.24, 2.45) is 0 Å². The molecule has 0 spiro atoms. The van der Waals surface area contributed by atoms with E-state index in [0.717, 1.165) is 18.5 Å². The van der Waals surface area contributed by atoms with Crippen molar-refractivity contribution in [3.8, 4) is 0 Å².